The second kappa shape index (κ2) is 12.6. The Hall–Kier alpha value is -4.00. The fraction of sp³-hybridized carbons (Fsp3) is 0.310. The normalized spacial score (nSPS) is 15.2. The first-order valence-electron chi connectivity index (χ1n) is 12.5. The molecule has 0 unspecified atom stereocenters. The molecule has 7 heteroatoms. The van der Waals surface area contributed by atoms with Crippen molar-refractivity contribution >= 4 is 17.7 Å². The summed E-state index contributed by atoms with van der Waals surface area (Å²) in [6.07, 6.45) is 5.46. The number of carbonyl (C=O) groups excluding carboxylic acids is 2. The number of methoxy groups -OCH3 is 1. The second-order valence-electron chi connectivity index (χ2n) is 9.03. The topological polar surface area (TPSA) is 91.5 Å². The predicted molar refractivity (Wildman–Crippen MR) is 142 cm³/mol. The molecule has 1 fully saturated rings. The van der Waals surface area contributed by atoms with E-state index in [1.807, 2.05) is 72.8 Å². The number of anilines is 1. The maximum atomic E-state index is 13.2. The van der Waals surface area contributed by atoms with E-state index in [2.05, 4.69) is 21.3 Å². The maximum Gasteiger partial charge on any atom is 0.319 e. The molecule has 4 rings (SSSR count). The molecule has 1 saturated carbocycles. The summed E-state index contributed by atoms with van der Waals surface area (Å²) >= 11 is 0. The minimum atomic E-state index is -0.527. The Morgan fingerprint density at radius 1 is 0.722 bits per heavy atom. The van der Waals surface area contributed by atoms with Crippen molar-refractivity contribution in [3.8, 4) is 5.75 Å². The number of benzene rings is 3. The first-order chi connectivity index (χ1) is 17.6. The Kier molecular flexibility index (Phi) is 8.81. The van der Waals surface area contributed by atoms with Crippen molar-refractivity contribution in [3.05, 3.63) is 96.1 Å². The number of carbonyl (C=O) groups is 2. The van der Waals surface area contributed by atoms with Crippen molar-refractivity contribution in [3.63, 3.8) is 0 Å². The lowest BCUT2D eigenvalue weighted by atomic mass is 9.93. The molecule has 7 nitrogen and oxygen atoms in total. The van der Waals surface area contributed by atoms with Gasteiger partial charge in [0.25, 0.3) is 0 Å². The van der Waals surface area contributed by atoms with Gasteiger partial charge >= 0.3 is 12.1 Å². The fourth-order valence-electron chi connectivity index (χ4n) is 4.70. The zero-order valence-corrected chi connectivity index (χ0v) is 20.6. The highest BCUT2D eigenvalue weighted by atomic mass is 16.5. The van der Waals surface area contributed by atoms with Crippen LogP contribution in [0.2, 0.25) is 0 Å². The van der Waals surface area contributed by atoms with Gasteiger partial charge in [-0.05, 0) is 36.1 Å². The average Bonchev–Trinajstić information content (AvgIpc) is 2.92. The zero-order chi connectivity index (χ0) is 25.2. The lowest BCUT2D eigenvalue weighted by Crippen LogP contribution is -2.48. The van der Waals surface area contributed by atoms with E-state index >= 15 is 0 Å². The van der Waals surface area contributed by atoms with Gasteiger partial charge in [0.15, 0.2) is 0 Å². The van der Waals surface area contributed by atoms with E-state index in [1.165, 1.54) is 6.42 Å². The monoisotopic (exact) mass is 486 g/mol. The van der Waals surface area contributed by atoms with Gasteiger partial charge in [0.2, 0.25) is 0 Å². The van der Waals surface area contributed by atoms with Gasteiger partial charge in [0.05, 0.1) is 24.9 Å². The molecule has 3 aromatic carbocycles. The number of amides is 4. The van der Waals surface area contributed by atoms with Gasteiger partial charge in [-0.15, -0.1) is 0 Å². The standard InChI is InChI=1S/C29H34N4O3/c1-36-25-20-12-11-19-24(25)31-29(35)33-27(22-15-7-3-8-16-22)26(21-13-5-2-6-14-21)32-28(34)30-23-17-9-4-10-18-23/h2-3,5-8,11-16,19-20,23,26-27H,4,9-10,17-18H2,1H3,(H2,30,32,34)(H2,31,33,35)/t26-,27-/m0/s1. The second-order valence-corrected chi connectivity index (χ2v) is 9.03. The van der Waals surface area contributed by atoms with Crippen LogP contribution in [-0.2, 0) is 0 Å². The molecule has 0 bridgehead atoms. The van der Waals surface area contributed by atoms with Crippen LogP contribution in [0.15, 0.2) is 84.9 Å². The van der Waals surface area contributed by atoms with Crippen LogP contribution >= 0.6 is 0 Å². The molecule has 0 saturated heterocycles. The molecule has 36 heavy (non-hydrogen) atoms. The van der Waals surface area contributed by atoms with Gasteiger partial charge in [-0.1, -0.05) is 92.1 Å². The molecule has 4 N–H and O–H groups in total. The van der Waals surface area contributed by atoms with E-state index in [0.717, 1.165) is 36.8 Å². The van der Waals surface area contributed by atoms with Crippen LogP contribution in [0.5, 0.6) is 5.75 Å². The number of para-hydroxylation sites is 2. The van der Waals surface area contributed by atoms with Crippen LogP contribution in [-0.4, -0.2) is 25.2 Å². The van der Waals surface area contributed by atoms with Crippen LogP contribution in [0.1, 0.15) is 55.3 Å². The summed E-state index contributed by atoms with van der Waals surface area (Å²) in [6, 6.07) is 25.1. The van der Waals surface area contributed by atoms with E-state index < -0.39 is 18.1 Å². The maximum absolute atomic E-state index is 13.2. The number of hydrogen-bond acceptors (Lipinski definition) is 3. The summed E-state index contributed by atoms with van der Waals surface area (Å²) in [5.41, 5.74) is 2.32. The largest absolute Gasteiger partial charge is 0.495 e. The Bertz CT molecular complexity index is 1120. The van der Waals surface area contributed by atoms with Crippen molar-refractivity contribution in [1.29, 1.82) is 0 Å². The van der Waals surface area contributed by atoms with Crippen LogP contribution in [0.4, 0.5) is 15.3 Å². The van der Waals surface area contributed by atoms with Gasteiger partial charge in [0.1, 0.15) is 5.75 Å². The van der Waals surface area contributed by atoms with Crippen molar-refractivity contribution in [2.45, 2.75) is 50.2 Å². The molecule has 1 aliphatic carbocycles. The molecule has 0 heterocycles. The molecule has 4 amide bonds. The van der Waals surface area contributed by atoms with E-state index in [4.69, 9.17) is 4.74 Å². The summed E-state index contributed by atoms with van der Waals surface area (Å²) in [4.78, 5) is 26.3. The third-order valence-electron chi connectivity index (χ3n) is 6.52. The molecule has 188 valence electrons. The minimum absolute atomic E-state index is 0.173. The third kappa shape index (κ3) is 6.78. The lowest BCUT2D eigenvalue weighted by Gasteiger charge is -2.31. The van der Waals surface area contributed by atoms with E-state index in [9.17, 15) is 9.59 Å². The van der Waals surface area contributed by atoms with Gasteiger partial charge < -0.3 is 26.0 Å². The Labute approximate surface area is 212 Å². The fourth-order valence-corrected chi connectivity index (χ4v) is 4.70. The number of nitrogens with one attached hydrogen (secondary N) is 4. The summed E-state index contributed by atoms with van der Waals surface area (Å²) < 4.78 is 5.37. The predicted octanol–water partition coefficient (Wildman–Crippen LogP) is 5.93. The number of urea groups is 2. The zero-order valence-electron chi connectivity index (χ0n) is 20.6. The van der Waals surface area contributed by atoms with Crippen molar-refractivity contribution < 1.29 is 14.3 Å². The van der Waals surface area contributed by atoms with Gasteiger partial charge in [-0.2, -0.15) is 0 Å². The number of hydrogen-bond donors (Lipinski definition) is 4. The average molecular weight is 487 g/mol. The summed E-state index contributed by atoms with van der Waals surface area (Å²) in [5, 5.41) is 12.3. The number of ether oxygens (including phenoxy) is 1. The molecular weight excluding hydrogens is 452 g/mol. The van der Waals surface area contributed by atoms with Crippen LogP contribution in [0.3, 0.4) is 0 Å². The van der Waals surface area contributed by atoms with Crippen LogP contribution in [0.25, 0.3) is 0 Å². The smallest absolute Gasteiger partial charge is 0.319 e. The molecule has 2 atom stereocenters. The molecule has 0 aromatic heterocycles. The number of rotatable bonds is 8. The van der Waals surface area contributed by atoms with Crippen molar-refractivity contribution in [2.24, 2.45) is 0 Å². The highest BCUT2D eigenvalue weighted by Gasteiger charge is 2.29. The first kappa shape index (κ1) is 25.1. The van der Waals surface area contributed by atoms with E-state index in [0.29, 0.717) is 11.4 Å². The summed E-state index contributed by atoms with van der Waals surface area (Å²) in [5.74, 6) is 0.563. The lowest BCUT2D eigenvalue weighted by molar-refractivity contribution is 0.222. The summed E-state index contributed by atoms with van der Waals surface area (Å²) in [7, 11) is 1.56. The molecule has 1 aliphatic rings. The summed E-state index contributed by atoms with van der Waals surface area (Å²) in [6.45, 7) is 0. The molecular formula is C29H34N4O3. The highest BCUT2D eigenvalue weighted by Crippen LogP contribution is 2.30. The molecule has 0 radical (unpaired) electrons. The Balaban J connectivity index is 1.59. The Morgan fingerprint density at radius 3 is 1.83 bits per heavy atom. The van der Waals surface area contributed by atoms with Crippen LogP contribution in [0, 0.1) is 0 Å². The van der Waals surface area contributed by atoms with E-state index in [-0.39, 0.29) is 12.1 Å². The molecule has 3 aromatic rings. The minimum Gasteiger partial charge on any atom is -0.495 e. The van der Waals surface area contributed by atoms with Crippen molar-refractivity contribution in [2.75, 3.05) is 12.4 Å². The van der Waals surface area contributed by atoms with E-state index in [1.54, 1.807) is 19.2 Å². The van der Waals surface area contributed by atoms with Gasteiger partial charge in [-0.3, -0.25) is 0 Å². The van der Waals surface area contributed by atoms with Gasteiger partial charge in [-0.25, -0.2) is 9.59 Å². The quantitative estimate of drug-likeness (QED) is 0.318. The Morgan fingerprint density at radius 2 is 1.25 bits per heavy atom. The third-order valence-corrected chi connectivity index (χ3v) is 6.52. The van der Waals surface area contributed by atoms with Crippen molar-refractivity contribution in [1.82, 2.24) is 16.0 Å². The SMILES string of the molecule is COc1ccccc1NC(=O)N[C@@H](c1ccccc1)[C@@H](NC(=O)NC1CCCCC1)c1ccccc1. The molecule has 0 spiro atoms. The highest BCUT2D eigenvalue weighted by molar-refractivity contribution is 5.91. The van der Waals surface area contributed by atoms with Gasteiger partial charge in [0, 0.05) is 6.04 Å². The van der Waals surface area contributed by atoms with Crippen LogP contribution < -0.4 is 26.0 Å². The molecule has 0 aliphatic heterocycles. The first-order valence-corrected chi connectivity index (χ1v) is 12.5.